The van der Waals surface area contributed by atoms with Gasteiger partial charge in [-0.3, -0.25) is 0 Å². The minimum atomic E-state index is -4.95. The molecule has 0 heterocycles. The zero-order valence-electron chi connectivity index (χ0n) is 7.06. The van der Waals surface area contributed by atoms with Gasteiger partial charge in [0.1, 0.15) is 9.84 Å². The SMILES string of the molecule is CCS(=O)(=O)CC[B-](F)(F)F.[K+]. The molecule has 0 N–H and O–H groups in total. The second kappa shape index (κ2) is 6.02. The van der Waals surface area contributed by atoms with Crippen molar-refractivity contribution in [3.8, 4) is 0 Å². The monoisotopic (exact) mass is 228 g/mol. The van der Waals surface area contributed by atoms with E-state index in [9.17, 15) is 21.4 Å². The Morgan fingerprint density at radius 3 is 1.92 bits per heavy atom. The van der Waals surface area contributed by atoms with Gasteiger partial charge >= 0.3 is 58.4 Å². The van der Waals surface area contributed by atoms with Crippen molar-refractivity contribution in [2.75, 3.05) is 11.5 Å². The fraction of sp³-hybridized carbons (Fsp3) is 1.00. The first-order valence-corrected chi connectivity index (χ1v) is 5.00. The summed E-state index contributed by atoms with van der Waals surface area (Å²) in [6.45, 7) is -3.62. The van der Waals surface area contributed by atoms with Crippen molar-refractivity contribution in [3.05, 3.63) is 0 Å². The standard InChI is InChI=1S/C4H9BF3O2S.K/c1-2-11(9,10)4-3-5(6,7)8;/h2-4H2,1H3;/q-1;+1. The average Bonchev–Trinajstić information content (AvgIpc) is 1.83. The molecule has 0 bridgehead atoms. The van der Waals surface area contributed by atoms with Crippen LogP contribution in [-0.2, 0) is 9.84 Å². The van der Waals surface area contributed by atoms with Gasteiger partial charge in [-0.15, -0.1) is 0 Å². The van der Waals surface area contributed by atoms with Gasteiger partial charge in [0.15, 0.2) is 0 Å². The van der Waals surface area contributed by atoms with E-state index in [2.05, 4.69) is 0 Å². The molecule has 0 aliphatic rings. The molecular weight excluding hydrogens is 219 g/mol. The van der Waals surface area contributed by atoms with E-state index in [1.54, 1.807) is 0 Å². The molecule has 8 heteroatoms. The first kappa shape index (κ1) is 15.9. The van der Waals surface area contributed by atoms with E-state index in [-0.39, 0.29) is 57.1 Å². The van der Waals surface area contributed by atoms with Gasteiger partial charge < -0.3 is 12.9 Å². The summed E-state index contributed by atoms with van der Waals surface area (Å²) in [4.78, 5) is 0. The fourth-order valence-electron chi connectivity index (χ4n) is 0.458. The van der Waals surface area contributed by atoms with Gasteiger partial charge in [0.25, 0.3) is 0 Å². The van der Waals surface area contributed by atoms with Gasteiger partial charge in [0.2, 0.25) is 0 Å². The molecule has 0 saturated heterocycles. The minimum Gasteiger partial charge on any atom is -0.449 e. The van der Waals surface area contributed by atoms with E-state index in [1.807, 2.05) is 0 Å². The summed E-state index contributed by atoms with van der Waals surface area (Å²) in [5.74, 6) is -0.994. The van der Waals surface area contributed by atoms with E-state index in [0.717, 1.165) is 0 Å². The van der Waals surface area contributed by atoms with Crippen molar-refractivity contribution in [2.24, 2.45) is 0 Å². The Kier molecular flexibility index (Phi) is 7.98. The Hall–Kier alpha value is 1.44. The molecule has 0 aromatic heterocycles. The summed E-state index contributed by atoms with van der Waals surface area (Å²) in [5.41, 5.74) is 0. The predicted molar refractivity (Wildman–Crippen MR) is 38.2 cm³/mol. The number of halogens is 3. The average molecular weight is 228 g/mol. The quantitative estimate of drug-likeness (QED) is 0.536. The number of hydrogen-bond acceptors (Lipinski definition) is 2. The van der Waals surface area contributed by atoms with Gasteiger partial charge in [0.05, 0.1) is 0 Å². The van der Waals surface area contributed by atoms with Crippen LogP contribution in [0, 0.1) is 0 Å². The summed E-state index contributed by atoms with van der Waals surface area (Å²) in [6, 6.07) is 0. The molecule has 0 unspecified atom stereocenters. The third-order valence-corrected chi connectivity index (χ3v) is 2.93. The van der Waals surface area contributed by atoms with Crippen molar-refractivity contribution >= 4 is 16.8 Å². The summed E-state index contributed by atoms with van der Waals surface area (Å²) in [5, 5.41) is 0. The van der Waals surface area contributed by atoms with E-state index < -0.39 is 28.9 Å². The zero-order chi connectivity index (χ0) is 9.12. The molecule has 2 nitrogen and oxygen atoms in total. The third-order valence-electron chi connectivity index (χ3n) is 1.20. The van der Waals surface area contributed by atoms with E-state index in [0.29, 0.717) is 0 Å². The van der Waals surface area contributed by atoms with Crippen LogP contribution in [0.1, 0.15) is 6.92 Å². The van der Waals surface area contributed by atoms with Crippen LogP contribution >= 0.6 is 0 Å². The molecule has 0 amide bonds. The van der Waals surface area contributed by atoms with Crippen LogP contribution in [0.5, 0.6) is 0 Å². The van der Waals surface area contributed by atoms with Crippen LogP contribution < -0.4 is 51.4 Å². The summed E-state index contributed by atoms with van der Waals surface area (Å²) >= 11 is 0. The van der Waals surface area contributed by atoms with Crippen LogP contribution in [0.2, 0.25) is 6.32 Å². The number of rotatable bonds is 4. The maximum absolute atomic E-state index is 11.5. The molecule has 12 heavy (non-hydrogen) atoms. The molecule has 0 aromatic carbocycles. The van der Waals surface area contributed by atoms with Gasteiger partial charge in [-0.25, -0.2) is 8.42 Å². The Morgan fingerprint density at radius 1 is 1.25 bits per heavy atom. The van der Waals surface area contributed by atoms with Crippen molar-refractivity contribution in [2.45, 2.75) is 13.2 Å². The van der Waals surface area contributed by atoms with Crippen LogP contribution in [0.4, 0.5) is 12.9 Å². The molecule has 0 aromatic rings. The Balaban J connectivity index is 0. The molecule has 0 spiro atoms. The normalized spacial score (nSPS) is 12.3. The minimum absolute atomic E-state index is 0. The summed E-state index contributed by atoms with van der Waals surface area (Å²) in [6.07, 6.45) is -1.18. The Bertz CT molecular complexity index is 213. The second-order valence-corrected chi connectivity index (χ2v) is 4.71. The number of sulfone groups is 1. The van der Waals surface area contributed by atoms with Gasteiger partial charge in [-0.1, -0.05) is 13.2 Å². The first-order valence-electron chi connectivity index (χ1n) is 3.18. The van der Waals surface area contributed by atoms with E-state index in [1.165, 1.54) is 6.92 Å². The Labute approximate surface area is 113 Å². The number of hydrogen-bond donors (Lipinski definition) is 0. The van der Waals surface area contributed by atoms with Crippen LogP contribution in [0.25, 0.3) is 0 Å². The molecule has 0 rings (SSSR count). The van der Waals surface area contributed by atoms with Crippen molar-refractivity contribution < 1.29 is 72.7 Å². The maximum Gasteiger partial charge on any atom is 1.00 e. The zero-order valence-corrected chi connectivity index (χ0v) is 11.0. The van der Waals surface area contributed by atoms with Crippen molar-refractivity contribution in [3.63, 3.8) is 0 Å². The molecule has 0 aliphatic heterocycles. The summed E-state index contributed by atoms with van der Waals surface area (Å²) in [7, 11) is -3.46. The van der Waals surface area contributed by atoms with Crippen LogP contribution in [-0.4, -0.2) is 26.9 Å². The largest absolute Gasteiger partial charge is 1.00 e. The van der Waals surface area contributed by atoms with Crippen molar-refractivity contribution in [1.29, 1.82) is 0 Å². The Morgan fingerprint density at radius 2 is 1.67 bits per heavy atom. The summed E-state index contributed by atoms with van der Waals surface area (Å²) < 4.78 is 55.7. The van der Waals surface area contributed by atoms with Gasteiger partial charge in [0, 0.05) is 11.5 Å². The van der Waals surface area contributed by atoms with Crippen LogP contribution in [0.15, 0.2) is 0 Å². The van der Waals surface area contributed by atoms with E-state index in [4.69, 9.17) is 0 Å². The van der Waals surface area contributed by atoms with Crippen LogP contribution in [0.3, 0.4) is 0 Å². The second-order valence-electron chi connectivity index (χ2n) is 2.24. The molecule has 0 saturated carbocycles. The molecule has 68 valence electrons. The molecule has 0 atom stereocenters. The van der Waals surface area contributed by atoms with Crippen molar-refractivity contribution in [1.82, 2.24) is 0 Å². The molecular formula is C4H9BF3KO2S. The smallest absolute Gasteiger partial charge is 0.449 e. The van der Waals surface area contributed by atoms with E-state index >= 15 is 0 Å². The molecule has 0 fully saturated rings. The van der Waals surface area contributed by atoms with Gasteiger partial charge in [-0.2, -0.15) is 0 Å². The maximum atomic E-state index is 11.5. The fourth-order valence-corrected chi connectivity index (χ4v) is 1.37. The predicted octanol–water partition coefficient (Wildman–Crippen LogP) is -1.73. The topological polar surface area (TPSA) is 34.1 Å². The van der Waals surface area contributed by atoms with Gasteiger partial charge in [-0.05, 0) is 0 Å². The molecule has 0 aliphatic carbocycles. The third kappa shape index (κ3) is 9.53. The first-order chi connectivity index (χ1) is 4.77. The molecule has 0 radical (unpaired) electrons.